The van der Waals surface area contributed by atoms with Crippen molar-refractivity contribution < 1.29 is 24.2 Å². The minimum absolute atomic E-state index is 0.117. The van der Waals surface area contributed by atoms with Gasteiger partial charge in [-0.3, -0.25) is 25.0 Å². The van der Waals surface area contributed by atoms with Crippen LogP contribution in [0.4, 0.5) is 16.4 Å². The number of ether oxygens (including phenoxy) is 1. The summed E-state index contributed by atoms with van der Waals surface area (Å²) in [5, 5.41) is 25.6. The summed E-state index contributed by atoms with van der Waals surface area (Å²) in [6, 6.07) is 9.62. The summed E-state index contributed by atoms with van der Waals surface area (Å²) in [5.74, 6) is -1.46. The molecular weight excluding hydrogens is 474 g/mol. The van der Waals surface area contributed by atoms with Crippen LogP contribution < -0.4 is 5.32 Å². The van der Waals surface area contributed by atoms with Gasteiger partial charge in [-0.05, 0) is 38.3 Å². The first-order valence-electron chi connectivity index (χ1n) is 10.7. The Kier molecular flexibility index (Phi) is 7.60. The lowest BCUT2D eigenvalue weighted by Crippen LogP contribution is -2.15. The van der Waals surface area contributed by atoms with E-state index in [1.807, 2.05) is 31.2 Å². The Labute approximate surface area is 204 Å². The van der Waals surface area contributed by atoms with Crippen molar-refractivity contribution in [3.05, 3.63) is 83.8 Å². The third-order valence-corrected chi connectivity index (χ3v) is 6.47. The normalized spacial score (nSPS) is 10.6. The molecule has 0 unspecified atom stereocenters. The van der Waals surface area contributed by atoms with E-state index in [0.717, 1.165) is 45.9 Å². The molecular formula is C24H23N3O7S. The molecule has 10 nitrogen and oxygen atoms in total. The first-order chi connectivity index (χ1) is 16.6. The van der Waals surface area contributed by atoms with Gasteiger partial charge in [0.2, 0.25) is 0 Å². The van der Waals surface area contributed by atoms with E-state index < -0.39 is 33.1 Å². The zero-order valence-electron chi connectivity index (χ0n) is 19.5. The highest BCUT2D eigenvalue weighted by Crippen LogP contribution is 2.41. The molecule has 0 atom stereocenters. The molecule has 0 aliphatic rings. The molecule has 2 aromatic carbocycles. The van der Waals surface area contributed by atoms with Crippen molar-refractivity contribution in [2.24, 2.45) is 0 Å². The highest BCUT2D eigenvalue weighted by molar-refractivity contribution is 7.17. The number of benzene rings is 2. The van der Waals surface area contributed by atoms with E-state index in [9.17, 15) is 29.8 Å². The molecule has 3 rings (SSSR count). The number of nitrogens with one attached hydrogen (secondary N) is 1. The largest absolute Gasteiger partial charge is 0.462 e. The van der Waals surface area contributed by atoms with Crippen molar-refractivity contribution in [2.75, 3.05) is 11.9 Å². The number of esters is 1. The zero-order valence-corrected chi connectivity index (χ0v) is 20.4. The van der Waals surface area contributed by atoms with Crippen molar-refractivity contribution in [1.82, 2.24) is 0 Å². The molecule has 1 heterocycles. The predicted octanol–water partition coefficient (Wildman–Crippen LogP) is 5.84. The van der Waals surface area contributed by atoms with Crippen LogP contribution in [0.3, 0.4) is 0 Å². The first-order valence-corrected chi connectivity index (χ1v) is 11.5. The lowest BCUT2D eigenvalue weighted by molar-refractivity contribution is -0.395. The van der Waals surface area contributed by atoms with Crippen LogP contribution in [-0.4, -0.2) is 28.3 Å². The van der Waals surface area contributed by atoms with Gasteiger partial charge in [0, 0.05) is 22.6 Å². The third-order valence-electron chi connectivity index (χ3n) is 5.45. The number of carbonyl (C=O) groups is 2. The number of aryl methyl sites for hydroxylation is 2. The summed E-state index contributed by atoms with van der Waals surface area (Å²) in [7, 11) is 0. The number of hydrogen-bond donors (Lipinski definition) is 1. The van der Waals surface area contributed by atoms with Gasteiger partial charge in [0.15, 0.2) is 0 Å². The van der Waals surface area contributed by atoms with Gasteiger partial charge in [-0.25, -0.2) is 4.79 Å². The highest BCUT2D eigenvalue weighted by atomic mass is 32.1. The van der Waals surface area contributed by atoms with E-state index in [-0.39, 0.29) is 28.3 Å². The summed E-state index contributed by atoms with van der Waals surface area (Å²) in [4.78, 5) is 47.9. The molecule has 0 aliphatic heterocycles. The number of nitro benzene ring substituents is 2. The van der Waals surface area contributed by atoms with E-state index in [4.69, 9.17) is 4.74 Å². The van der Waals surface area contributed by atoms with E-state index in [1.165, 1.54) is 6.92 Å². The molecule has 1 N–H and O–H groups in total. The van der Waals surface area contributed by atoms with Gasteiger partial charge in [0.1, 0.15) is 16.1 Å². The summed E-state index contributed by atoms with van der Waals surface area (Å²) in [6.07, 6.45) is 0.851. The number of hydrogen-bond acceptors (Lipinski definition) is 8. The standard InChI is InChI=1S/C24H23N3O7S/c1-5-15-7-9-16(10-8-15)20-14(4)35-23(21(20)24(29)34-6-2)25-22(28)17-11-18(26(30)31)13(3)19(12-17)27(32)33/h7-12H,5-6H2,1-4H3,(H,25,28). The van der Waals surface area contributed by atoms with Gasteiger partial charge in [-0.15, -0.1) is 11.3 Å². The maximum atomic E-state index is 13.0. The topological polar surface area (TPSA) is 142 Å². The van der Waals surface area contributed by atoms with Gasteiger partial charge in [-0.2, -0.15) is 0 Å². The summed E-state index contributed by atoms with van der Waals surface area (Å²) < 4.78 is 5.23. The molecule has 11 heteroatoms. The van der Waals surface area contributed by atoms with Gasteiger partial charge in [-0.1, -0.05) is 31.2 Å². The molecule has 0 saturated carbocycles. The molecule has 0 saturated heterocycles. The van der Waals surface area contributed by atoms with Crippen LogP contribution in [0.1, 0.15) is 50.6 Å². The van der Waals surface area contributed by atoms with Crippen LogP contribution >= 0.6 is 11.3 Å². The molecule has 0 fully saturated rings. The van der Waals surface area contributed by atoms with E-state index >= 15 is 0 Å². The summed E-state index contributed by atoms with van der Waals surface area (Å²) in [5.41, 5.74) is 1.12. The zero-order chi connectivity index (χ0) is 25.9. The number of carbonyl (C=O) groups excluding carboxylic acids is 2. The van der Waals surface area contributed by atoms with Crippen LogP contribution in [0.25, 0.3) is 11.1 Å². The van der Waals surface area contributed by atoms with Crippen LogP contribution in [0, 0.1) is 34.1 Å². The third kappa shape index (κ3) is 5.19. The Morgan fingerprint density at radius 1 is 1.00 bits per heavy atom. The molecule has 1 amide bonds. The number of nitrogens with zero attached hydrogens (tertiary/aromatic N) is 2. The number of anilines is 1. The molecule has 182 valence electrons. The smallest absolute Gasteiger partial charge is 0.341 e. The Balaban J connectivity index is 2.10. The highest BCUT2D eigenvalue weighted by Gasteiger charge is 2.28. The van der Waals surface area contributed by atoms with Gasteiger partial charge >= 0.3 is 5.97 Å². The van der Waals surface area contributed by atoms with E-state index in [1.54, 1.807) is 13.8 Å². The van der Waals surface area contributed by atoms with Gasteiger partial charge < -0.3 is 10.1 Å². The number of amides is 1. The second-order valence-corrected chi connectivity index (χ2v) is 8.84. The van der Waals surface area contributed by atoms with Crippen molar-refractivity contribution in [2.45, 2.75) is 34.1 Å². The Bertz CT molecular complexity index is 1290. The lowest BCUT2D eigenvalue weighted by Gasteiger charge is -2.10. The molecule has 0 spiro atoms. The van der Waals surface area contributed by atoms with Crippen LogP contribution in [0.5, 0.6) is 0 Å². The minimum atomic E-state index is -0.823. The SMILES string of the molecule is CCOC(=O)c1c(NC(=O)c2cc([N+](=O)[O-])c(C)c([N+](=O)[O-])c2)sc(C)c1-c1ccc(CC)cc1. The van der Waals surface area contributed by atoms with E-state index in [2.05, 4.69) is 5.32 Å². The maximum Gasteiger partial charge on any atom is 0.341 e. The Morgan fingerprint density at radius 3 is 2.06 bits per heavy atom. The van der Waals surface area contributed by atoms with Crippen molar-refractivity contribution in [3.63, 3.8) is 0 Å². The molecule has 1 aromatic heterocycles. The van der Waals surface area contributed by atoms with Crippen LogP contribution in [-0.2, 0) is 11.2 Å². The number of thiophene rings is 1. The van der Waals surface area contributed by atoms with E-state index in [0.29, 0.717) is 5.56 Å². The number of rotatable bonds is 8. The minimum Gasteiger partial charge on any atom is -0.462 e. The fourth-order valence-corrected chi connectivity index (χ4v) is 4.71. The molecule has 0 bridgehead atoms. The molecule has 0 aliphatic carbocycles. The fraction of sp³-hybridized carbons (Fsp3) is 0.250. The van der Waals surface area contributed by atoms with Crippen molar-refractivity contribution >= 4 is 39.6 Å². The Hall–Kier alpha value is -4.12. The predicted molar refractivity (Wildman–Crippen MR) is 132 cm³/mol. The van der Waals surface area contributed by atoms with Gasteiger partial charge in [0.25, 0.3) is 17.3 Å². The molecule has 35 heavy (non-hydrogen) atoms. The monoisotopic (exact) mass is 497 g/mol. The second-order valence-electron chi connectivity index (χ2n) is 7.62. The second kappa shape index (κ2) is 10.4. The molecule has 0 radical (unpaired) electrons. The van der Waals surface area contributed by atoms with Gasteiger partial charge in [0.05, 0.1) is 22.0 Å². The van der Waals surface area contributed by atoms with Crippen molar-refractivity contribution in [1.29, 1.82) is 0 Å². The maximum absolute atomic E-state index is 13.0. The van der Waals surface area contributed by atoms with Crippen LogP contribution in [0.15, 0.2) is 36.4 Å². The molecule has 3 aromatic rings. The summed E-state index contributed by atoms with van der Waals surface area (Å²) >= 11 is 1.15. The van der Waals surface area contributed by atoms with Crippen LogP contribution in [0.2, 0.25) is 0 Å². The summed E-state index contributed by atoms with van der Waals surface area (Å²) in [6.45, 7) is 6.85. The van der Waals surface area contributed by atoms with Crippen molar-refractivity contribution in [3.8, 4) is 11.1 Å². The average molecular weight is 498 g/mol. The fourth-order valence-electron chi connectivity index (χ4n) is 3.66. The number of nitro groups is 2. The average Bonchev–Trinajstić information content (AvgIpc) is 3.14. The first kappa shape index (κ1) is 25.5. The lowest BCUT2D eigenvalue weighted by atomic mass is 9.99. The Morgan fingerprint density at radius 2 is 1.57 bits per heavy atom. The quantitative estimate of drug-likeness (QED) is 0.234.